The highest BCUT2D eigenvalue weighted by atomic mass is 35.5. The van der Waals surface area contributed by atoms with Gasteiger partial charge in [-0.15, -0.1) is 0 Å². The van der Waals surface area contributed by atoms with Crippen LogP contribution in [0.1, 0.15) is 5.56 Å². The van der Waals surface area contributed by atoms with Crippen LogP contribution in [-0.2, 0) is 0 Å². The van der Waals surface area contributed by atoms with Crippen molar-refractivity contribution in [1.29, 1.82) is 0 Å². The summed E-state index contributed by atoms with van der Waals surface area (Å²) >= 11 is 6.16. The molecular weight excluding hydrogens is 304 g/mol. The topological polar surface area (TPSA) is 83.3 Å². The zero-order valence-corrected chi connectivity index (χ0v) is 12.0. The Morgan fingerprint density at radius 3 is 2.64 bits per heavy atom. The average Bonchev–Trinajstić information content (AvgIpc) is 2.84. The van der Waals surface area contributed by atoms with Gasteiger partial charge < -0.3 is 4.98 Å². The minimum Gasteiger partial charge on any atom is -0.345 e. The maximum absolute atomic E-state index is 10.6. The Morgan fingerprint density at radius 2 is 1.91 bits per heavy atom. The van der Waals surface area contributed by atoms with Crippen molar-refractivity contribution in [3.8, 4) is 0 Å². The van der Waals surface area contributed by atoms with Crippen LogP contribution in [0.4, 0.5) is 11.4 Å². The van der Waals surface area contributed by atoms with Crippen LogP contribution in [0.15, 0.2) is 53.6 Å². The van der Waals surface area contributed by atoms with Crippen LogP contribution in [0, 0.1) is 10.1 Å². The molecule has 0 aliphatic rings. The normalized spacial score (nSPS) is 11.1. The minimum absolute atomic E-state index is 0.0363. The molecule has 0 spiro atoms. The van der Waals surface area contributed by atoms with Gasteiger partial charge in [0.15, 0.2) is 0 Å². The number of anilines is 1. The highest BCUT2D eigenvalue weighted by Crippen LogP contribution is 2.24. The van der Waals surface area contributed by atoms with Crippen molar-refractivity contribution in [3.05, 3.63) is 69.4 Å². The van der Waals surface area contributed by atoms with E-state index in [1.165, 1.54) is 12.1 Å². The predicted molar refractivity (Wildman–Crippen MR) is 87.6 cm³/mol. The summed E-state index contributed by atoms with van der Waals surface area (Å²) in [7, 11) is 0. The van der Waals surface area contributed by atoms with E-state index in [1.807, 2.05) is 24.3 Å². The smallest absolute Gasteiger partial charge is 0.269 e. The van der Waals surface area contributed by atoms with Gasteiger partial charge in [0.05, 0.1) is 16.8 Å². The molecule has 0 saturated heterocycles. The third-order valence-electron chi connectivity index (χ3n) is 3.16. The van der Waals surface area contributed by atoms with Crippen LogP contribution >= 0.6 is 11.6 Å². The molecule has 1 heterocycles. The second-order valence-corrected chi connectivity index (χ2v) is 4.95. The number of hydrogen-bond donors (Lipinski definition) is 2. The first kappa shape index (κ1) is 14.1. The van der Waals surface area contributed by atoms with Gasteiger partial charge in [-0.1, -0.05) is 29.8 Å². The summed E-state index contributed by atoms with van der Waals surface area (Å²) in [6.07, 6.45) is 1.61. The lowest BCUT2D eigenvalue weighted by atomic mass is 10.2. The number of aromatic nitrogens is 1. The van der Waals surface area contributed by atoms with E-state index >= 15 is 0 Å². The molecule has 0 amide bonds. The molecule has 0 unspecified atom stereocenters. The van der Waals surface area contributed by atoms with Gasteiger partial charge in [0, 0.05) is 28.6 Å². The third-order valence-corrected chi connectivity index (χ3v) is 3.46. The number of nitrogens with zero attached hydrogens (tertiary/aromatic N) is 2. The first-order chi connectivity index (χ1) is 10.6. The van der Waals surface area contributed by atoms with Crippen molar-refractivity contribution in [2.75, 3.05) is 5.43 Å². The fourth-order valence-electron chi connectivity index (χ4n) is 2.09. The number of halogens is 1. The number of nitrogens with one attached hydrogen (secondary N) is 2. The van der Waals surface area contributed by atoms with Gasteiger partial charge in [-0.3, -0.25) is 15.5 Å². The Morgan fingerprint density at radius 1 is 1.18 bits per heavy atom. The average molecular weight is 315 g/mol. The summed E-state index contributed by atoms with van der Waals surface area (Å²) < 4.78 is 0. The molecule has 22 heavy (non-hydrogen) atoms. The number of nitro groups is 1. The Bertz CT molecular complexity index is 856. The summed E-state index contributed by atoms with van der Waals surface area (Å²) in [6.45, 7) is 0. The molecule has 0 aliphatic carbocycles. The lowest BCUT2D eigenvalue weighted by molar-refractivity contribution is -0.384. The molecule has 2 aromatic carbocycles. The number of rotatable bonds is 4. The van der Waals surface area contributed by atoms with E-state index in [9.17, 15) is 10.1 Å². The van der Waals surface area contributed by atoms with E-state index in [-0.39, 0.29) is 5.69 Å². The van der Waals surface area contributed by atoms with Crippen molar-refractivity contribution in [1.82, 2.24) is 4.98 Å². The summed E-state index contributed by atoms with van der Waals surface area (Å²) in [5.41, 5.74) is 5.22. The van der Waals surface area contributed by atoms with Gasteiger partial charge in [-0.2, -0.15) is 5.10 Å². The second-order valence-electron chi connectivity index (χ2n) is 4.57. The minimum atomic E-state index is -0.446. The molecule has 0 bridgehead atoms. The van der Waals surface area contributed by atoms with Gasteiger partial charge in [-0.25, -0.2) is 0 Å². The maximum atomic E-state index is 10.6. The molecule has 7 heteroatoms. The van der Waals surface area contributed by atoms with Crippen molar-refractivity contribution in [2.45, 2.75) is 0 Å². The molecule has 0 aliphatic heterocycles. The largest absolute Gasteiger partial charge is 0.345 e. The van der Waals surface area contributed by atoms with Crippen LogP contribution < -0.4 is 5.43 Å². The first-order valence-electron chi connectivity index (χ1n) is 6.45. The van der Waals surface area contributed by atoms with Gasteiger partial charge >= 0.3 is 0 Å². The standard InChI is InChI=1S/C15H11ClN4O2/c16-15-13(12-3-1-2-4-14(12)18-15)9-17-19-10-5-7-11(8-6-10)20(21)22/h1-9,18-19H/b17-9-. The molecule has 0 saturated carbocycles. The van der Waals surface area contributed by atoms with Crippen LogP contribution in [-0.4, -0.2) is 16.1 Å². The molecule has 1 aromatic heterocycles. The zero-order valence-electron chi connectivity index (χ0n) is 11.3. The maximum Gasteiger partial charge on any atom is 0.269 e. The quantitative estimate of drug-likeness (QED) is 0.430. The predicted octanol–water partition coefficient (Wildman–Crippen LogP) is 4.18. The Hall–Kier alpha value is -2.86. The summed E-state index contributed by atoms with van der Waals surface area (Å²) in [5.74, 6) is 0. The van der Waals surface area contributed by atoms with Crippen molar-refractivity contribution in [3.63, 3.8) is 0 Å². The fraction of sp³-hybridized carbons (Fsp3) is 0. The molecule has 0 atom stereocenters. The van der Waals surface area contributed by atoms with E-state index in [2.05, 4.69) is 15.5 Å². The highest BCUT2D eigenvalue weighted by Gasteiger charge is 2.07. The van der Waals surface area contributed by atoms with Gasteiger partial charge in [0.1, 0.15) is 5.15 Å². The van der Waals surface area contributed by atoms with Gasteiger partial charge in [0.25, 0.3) is 5.69 Å². The van der Waals surface area contributed by atoms with Crippen LogP contribution in [0.5, 0.6) is 0 Å². The van der Waals surface area contributed by atoms with Crippen molar-refractivity contribution >= 4 is 40.1 Å². The molecule has 3 rings (SSSR count). The summed E-state index contributed by atoms with van der Waals surface area (Å²) in [4.78, 5) is 13.2. The number of hydrazone groups is 1. The van der Waals surface area contributed by atoms with Crippen molar-refractivity contribution < 1.29 is 4.92 Å². The van der Waals surface area contributed by atoms with Crippen LogP contribution in [0.3, 0.4) is 0 Å². The zero-order chi connectivity index (χ0) is 15.5. The number of fused-ring (bicyclic) bond motifs is 1. The van der Waals surface area contributed by atoms with E-state index in [0.29, 0.717) is 10.8 Å². The number of para-hydroxylation sites is 1. The summed E-state index contributed by atoms with van der Waals surface area (Å²) in [5, 5.41) is 16.2. The molecule has 3 aromatic rings. The van der Waals surface area contributed by atoms with Crippen LogP contribution in [0.25, 0.3) is 10.9 Å². The van der Waals surface area contributed by atoms with Crippen molar-refractivity contribution in [2.24, 2.45) is 5.10 Å². The van der Waals surface area contributed by atoms with E-state index in [0.717, 1.165) is 16.5 Å². The lowest BCUT2D eigenvalue weighted by Gasteiger charge is -1.99. The number of benzene rings is 2. The van der Waals surface area contributed by atoms with Crippen LogP contribution in [0.2, 0.25) is 5.15 Å². The Labute approximate surface area is 130 Å². The molecule has 0 fully saturated rings. The fourth-order valence-corrected chi connectivity index (χ4v) is 2.34. The van der Waals surface area contributed by atoms with E-state index < -0.39 is 4.92 Å². The van der Waals surface area contributed by atoms with Gasteiger partial charge in [0.2, 0.25) is 0 Å². The van der Waals surface area contributed by atoms with E-state index in [1.54, 1.807) is 18.3 Å². The number of hydrogen-bond acceptors (Lipinski definition) is 4. The molecule has 110 valence electrons. The van der Waals surface area contributed by atoms with E-state index in [4.69, 9.17) is 11.6 Å². The molecule has 0 radical (unpaired) electrons. The number of aromatic amines is 1. The lowest BCUT2D eigenvalue weighted by Crippen LogP contribution is -1.92. The Balaban J connectivity index is 1.79. The molecule has 6 nitrogen and oxygen atoms in total. The number of non-ortho nitro benzene ring substituents is 1. The Kier molecular flexibility index (Phi) is 3.76. The van der Waals surface area contributed by atoms with Gasteiger partial charge in [-0.05, 0) is 18.2 Å². The number of nitro benzene ring substituents is 1. The third kappa shape index (κ3) is 2.77. The monoisotopic (exact) mass is 314 g/mol. The highest BCUT2D eigenvalue weighted by molar-refractivity contribution is 6.34. The summed E-state index contributed by atoms with van der Waals surface area (Å²) in [6, 6.07) is 13.7. The first-order valence-corrected chi connectivity index (χ1v) is 6.82. The SMILES string of the molecule is O=[N+]([O-])c1ccc(N/N=C\c2c(Cl)[nH]c3ccccc23)cc1. The molecular formula is C15H11ClN4O2. The molecule has 2 N–H and O–H groups in total. The number of H-pyrrole nitrogens is 1. The second kappa shape index (κ2) is 5.87.